The lowest BCUT2D eigenvalue weighted by molar-refractivity contribution is 0.549. The van der Waals surface area contributed by atoms with Crippen molar-refractivity contribution in [3.63, 3.8) is 0 Å². The standard InChI is InChI=1S/C17H21ClN2/c1-11-4-6-13(3)15(8-11)17(20-19)10-14-7-5-12(2)9-16(14)18/h4-9,17,20H,10,19H2,1-3H3. The molecule has 2 nitrogen and oxygen atoms in total. The molecule has 0 radical (unpaired) electrons. The van der Waals surface area contributed by atoms with E-state index >= 15 is 0 Å². The van der Waals surface area contributed by atoms with Crippen LogP contribution >= 0.6 is 11.6 Å². The lowest BCUT2D eigenvalue weighted by Gasteiger charge is -2.20. The molecule has 0 aromatic heterocycles. The number of hydrazine groups is 1. The first-order valence-electron chi connectivity index (χ1n) is 6.79. The second kappa shape index (κ2) is 6.40. The van der Waals surface area contributed by atoms with Crippen molar-refractivity contribution >= 4 is 11.6 Å². The van der Waals surface area contributed by atoms with E-state index in [1.165, 1.54) is 22.3 Å². The van der Waals surface area contributed by atoms with Gasteiger partial charge in [-0.3, -0.25) is 11.3 Å². The summed E-state index contributed by atoms with van der Waals surface area (Å²) in [6, 6.07) is 12.6. The van der Waals surface area contributed by atoms with Gasteiger partial charge in [0.25, 0.3) is 0 Å². The zero-order valence-corrected chi connectivity index (χ0v) is 13.0. The van der Waals surface area contributed by atoms with Crippen molar-refractivity contribution in [3.8, 4) is 0 Å². The van der Waals surface area contributed by atoms with Gasteiger partial charge in [0.15, 0.2) is 0 Å². The lowest BCUT2D eigenvalue weighted by Crippen LogP contribution is -2.30. The highest BCUT2D eigenvalue weighted by atomic mass is 35.5. The van der Waals surface area contributed by atoms with Crippen LogP contribution in [0.3, 0.4) is 0 Å². The maximum atomic E-state index is 6.32. The van der Waals surface area contributed by atoms with E-state index in [-0.39, 0.29) is 6.04 Å². The molecule has 2 aromatic carbocycles. The number of halogens is 1. The summed E-state index contributed by atoms with van der Waals surface area (Å²) in [4.78, 5) is 0. The molecule has 0 heterocycles. The lowest BCUT2D eigenvalue weighted by atomic mass is 9.94. The molecule has 3 heteroatoms. The Morgan fingerprint density at radius 3 is 2.35 bits per heavy atom. The normalized spacial score (nSPS) is 12.4. The van der Waals surface area contributed by atoms with Gasteiger partial charge < -0.3 is 0 Å². The average molecular weight is 289 g/mol. The molecule has 0 saturated heterocycles. The predicted octanol–water partition coefficient (Wildman–Crippen LogP) is 4.01. The van der Waals surface area contributed by atoms with E-state index in [0.717, 1.165) is 17.0 Å². The van der Waals surface area contributed by atoms with Crippen molar-refractivity contribution in [3.05, 3.63) is 69.2 Å². The quantitative estimate of drug-likeness (QED) is 0.659. The fourth-order valence-corrected chi connectivity index (χ4v) is 2.74. The Kier molecular flexibility index (Phi) is 4.81. The van der Waals surface area contributed by atoms with Gasteiger partial charge in [0, 0.05) is 5.02 Å². The zero-order valence-electron chi connectivity index (χ0n) is 12.2. The molecule has 0 aliphatic rings. The second-order valence-electron chi connectivity index (χ2n) is 5.38. The number of hydrogen-bond acceptors (Lipinski definition) is 2. The highest BCUT2D eigenvalue weighted by molar-refractivity contribution is 6.31. The molecule has 0 bridgehead atoms. The summed E-state index contributed by atoms with van der Waals surface area (Å²) in [5, 5.41) is 0.801. The van der Waals surface area contributed by atoms with Crippen LogP contribution in [0, 0.1) is 20.8 Å². The molecule has 1 unspecified atom stereocenters. The maximum Gasteiger partial charge on any atom is 0.0503 e. The van der Waals surface area contributed by atoms with E-state index in [0.29, 0.717) is 0 Å². The molecule has 106 valence electrons. The smallest absolute Gasteiger partial charge is 0.0503 e. The first-order valence-corrected chi connectivity index (χ1v) is 7.17. The Bertz CT molecular complexity index is 608. The predicted molar refractivity (Wildman–Crippen MR) is 85.9 cm³/mol. The molecule has 0 aliphatic heterocycles. The summed E-state index contributed by atoms with van der Waals surface area (Å²) in [5.41, 5.74) is 8.90. The van der Waals surface area contributed by atoms with Crippen molar-refractivity contribution in [2.75, 3.05) is 0 Å². The molecule has 0 amide bonds. The van der Waals surface area contributed by atoms with Gasteiger partial charge in [-0.25, -0.2) is 0 Å². The SMILES string of the molecule is Cc1ccc(CC(NN)c2cc(C)ccc2C)c(Cl)c1. The van der Waals surface area contributed by atoms with Gasteiger partial charge in [0.1, 0.15) is 0 Å². The monoisotopic (exact) mass is 288 g/mol. The van der Waals surface area contributed by atoms with E-state index < -0.39 is 0 Å². The van der Waals surface area contributed by atoms with Gasteiger partial charge in [-0.15, -0.1) is 0 Å². The number of aryl methyl sites for hydroxylation is 3. The minimum absolute atomic E-state index is 0.0649. The summed E-state index contributed by atoms with van der Waals surface area (Å²) in [6.45, 7) is 6.24. The molecule has 2 aromatic rings. The van der Waals surface area contributed by atoms with Crippen LogP contribution in [0.2, 0.25) is 5.02 Å². The van der Waals surface area contributed by atoms with E-state index in [9.17, 15) is 0 Å². The Balaban J connectivity index is 2.31. The maximum absolute atomic E-state index is 6.32. The number of hydrogen-bond donors (Lipinski definition) is 2. The largest absolute Gasteiger partial charge is 0.271 e. The topological polar surface area (TPSA) is 38.0 Å². The summed E-state index contributed by atoms with van der Waals surface area (Å²) in [6.07, 6.45) is 0.778. The van der Waals surface area contributed by atoms with Crippen LogP contribution in [0.5, 0.6) is 0 Å². The fourth-order valence-electron chi connectivity index (χ4n) is 2.43. The molecule has 0 spiro atoms. The van der Waals surface area contributed by atoms with Gasteiger partial charge in [0.05, 0.1) is 6.04 Å². The van der Waals surface area contributed by atoms with E-state index in [2.05, 4.69) is 49.6 Å². The highest BCUT2D eigenvalue weighted by Crippen LogP contribution is 2.26. The summed E-state index contributed by atoms with van der Waals surface area (Å²) in [5.74, 6) is 5.76. The molecular weight excluding hydrogens is 268 g/mol. The van der Waals surface area contributed by atoms with Crippen LogP contribution in [0.4, 0.5) is 0 Å². The minimum atomic E-state index is 0.0649. The molecule has 3 N–H and O–H groups in total. The number of nitrogens with two attached hydrogens (primary N) is 1. The van der Waals surface area contributed by atoms with Crippen LogP contribution in [0.15, 0.2) is 36.4 Å². The molecule has 0 aliphatic carbocycles. The second-order valence-corrected chi connectivity index (χ2v) is 5.79. The third kappa shape index (κ3) is 3.40. The van der Waals surface area contributed by atoms with Gasteiger partial charge >= 0.3 is 0 Å². The van der Waals surface area contributed by atoms with E-state index in [4.69, 9.17) is 17.4 Å². The number of benzene rings is 2. The van der Waals surface area contributed by atoms with Crippen LogP contribution in [0.1, 0.15) is 33.9 Å². The Hall–Kier alpha value is -1.35. The van der Waals surface area contributed by atoms with Crippen molar-refractivity contribution in [2.45, 2.75) is 33.2 Å². The van der Waals surface area contributed by atoms with Crippen molar-refractivity contribution < 1.29 is 0 Å². The van der Waals surface area contributed by atoms with Gasteiger partial charge in [0.2, 0.25) is 0 Å². The first-order chi connectivity index (χ1) is 9.51. The highest BCUT2D eigenvalue weighted by Gasteiger charge is 2.15. The first kappa shape index (κ1) is 15.0. The number of nitrogens with one attached hydrogen (secondary N) is 1. The van der Waals surface area contributed by atoms with Crippen molar-refractivity contribution in [1.29, 1.82) is 0 Å². The summed E-state index contributed by atoms with van der Waals surface area (Å²) in [7, 11) is 0. The third-order valence-electron chi connectivity index (χ3n) is 3.64. The van der Waals surface area contributed by atoms with E-state index in [1.807, 2.05) is 13.0 Å². The van der Waals surface area contributed by atoms with E-state index in [1.54, 1.807) is 0 Å². The molecular formula is C17H21ClN2. The van der Waals surface area contributed by atoms with Crippen LogP contribution < -0.4 is 11.3 Å². The van der Waals surface area contributed by atoms with Crippen LogP contribution in [-0.2, 0) is 6.42 Å². The van der Waals surface area contributed by atoms with Crippen LogP contribution in [0.25, 0.3) is 0 Å². The molecule has 1 atom stereocenters. The fraction of sp³-hybridized carbons (Fsp3) is 0.294. The van der Waals surface area contributed by atoms with Gasteiger partial charge in [-0.1, -0.05) is 47.5 Å². The third-order valence-corrected chi connectivity index (χ3v) is 4.00. The average Bonchev–Trinajstić information content (AvgIpc) is 2.41. The Morgan fingerprint density at radius 2 is 1.70 bits per heavy atom. The zero-order chi connectivity index (χ0) is 14.7. The van der Waals surface area contributed by atoms with Crippen LogP contribution in [-0.4, -0.2) is 0 Å². The Morgan fingerprint density at radius 1 is 1.05 bits per heavy atom. The molecule has 2 rings (SSSR count). The minimum Gasteiger partial charge on any atom is -0.271 e. The van der Waals surface area contributed by atoms with Gasteiger partial charge in [-0.05, 0) is 55.5 Å². The van der Waals surface area contributed by atoms with Crippen molar-refractivity contribution in [2.24, 2.45) is 5.84 Å². The summed E-state index contributed by atoms with van der Waals surface area (Å²) >= 11 is 6.32. The molecule has 20 heavy (non-hydrogen) atoms. The Labute approximate surface area is 125 Å². The number of rotatable bonds is 4. The summed E-state index contributed by atoms with van der Waals surface area (Å²) < 4.78 is 0. The van der Waals surface area contributed by atoms with Gasteiger partial charge in [-0.2, -0.15) is 0 Å². The molecule has 0 saturated carbocycles. The van der Waals surface area contributed by atoms with Crippen molar-refractivity contribution in [1.82, 2.24) is 5.43 Å². The molecule has 0 fully saturated rings.